The Balaban J connectivity index is 0.00000387. The summed E-state index contributed by atoms with van der Waals surface area (Å²) in [5.74, 6) is -3.10. The van der Waals surface area contributed by atoms with Crippen molar-refractivity contribution in [2.24, 2.45) is 0 Å². The van der Waals surface area contributed by atoms with E-state index in [1.54, 1.807) is 6.07 Å². The molecule has 0 aromatic heterocycles. The number of imide groups is 1. The second kappa shape index (κ2) is 12.0. The van der Waals surface area contributed by atoms with Crippen LogP contribution in [0.3, 0.4) is 0 Å². The van der Waals surface area contributed by atoms with Crippen LogP contribution < -0.4 is 40.2 Å². The molecule has 0 radical (unpaired) electrons. The third-order valence-corrected chi connectivity index (χ3v) is 9.73. The van der Waals surface area contributed by atoms with E-state index in [9.17, 15) is 19.2 Å². The maximum absolute atomic E-state index is 13.2. The van der Waals surface area contributed by atoms with Gasteiger partial charge >= 0.3 is 29.6 Å². The fraction of sp³-hybridized carbons (Fsp3) is 0. The fourth-order valence-corrected chi connectivity index (χ4v) is 6.27. The number of nitrogens with zero attached hydrogens (tertiary/aromatic N) is 1. The predicted molar refractivity (Wildman–Crippen MR) is 159 cm³/mol. The number of allylic oxidation sites excluding steroid dienone is 3. The van der Waals surface area contributed by atoms with Crippen molar-refractivity contribution in [3.8, 4) is 0 Å². The minimum absolute atomic E-state index is 0. The first-order valence-corrected chi connectivity index (χ1v) is 13.7. The first-order valence-electron chi connectivity index (χ1n) is 10.7. The van der Waals surface area contributed by atoms with E-state index in [0.29, 0.717) is 5.56 Å². The predicted octanol–water partition coefficient (Wildman–Crippen LogP) is 6.12. The summed E-state index contributed by atoms with van der Waals surface area (Å²) < 4.78 is 0. The number of carbonyl (C=O) groups is 4. The van der Waals surface area contributed by atoms with Crippen LogP contribution in [-0.2, 0) is 0 Å². The number of Topliss-reactive ketones (excluding diaryl/α,β-unsaturated/α-hetero) is 2. The first kappa shape index (κ1) is 32.6. The van der Waals surface area contributed by atoms with Gasteiger partial charge in [0.15, 0.2) is 0 Å². The number of hydrogen-bond donors (Lipinski definition) is 1. The van der Waals surface area contributed by atoms with Crippen molar-refractivity contribution in [3.63, 3.8) is 0 Å². The molecule has 3 aromatic carbocycles. The second-order valence-electron chi connectivity index (χ2n) is 8.25. The molecule has 0 unspecified atom stereocenters. The zero-order valence-corrected chi connectivity index (χ0v) is 28.1. The minimum Gasteiger partial charge on any atom is -0.397 e. The van der Waals surface area contributed by atoms with E-state index in [2.05, 4.69) is 6.08 Å². The van der Waals surface area contributed by atoms with Gasteiger partial charge in [0.2, 0.25) is 0 Å². The van der Waals surface area contributed by atoms with Gasteiger partial charge in [0.05, 0.1) is 62.7 Å². The van der Waals surface area contributed by atoms with Gasteiger partial charge in [0.25, 0.3) is 11.8 Å². The molecule has 3 aromatic rings. The molecule has 6 nitrogen and oxygen atoms in total. The van der Waals surface area contributed by atoms with E-state index in [4.69, 9.17) is 98.5 Å². The monoisotopic (exact) mass is 714 g/mol. The molecular formula is C26H7Cl8N2NaO4. The minimum atomic E-state index is -0.807. The number of anilines is 2. The van der Waals surface area contributed by atoms with Gasteiger partial charge in [-0.25, -0.2) is 4.90 Å². The Kier molecular flexibility index (Phi) is 9.58. The van der Waals surface area contributed by atoms with E-state index in [-0.39, 0.29) is 109 Å². The van der Waals surface area contributed by atoms with Gasteiger partial charge in [0.1, 0.15) is 11.6 Å². The van der Waals surface area contributed by atoms with Gasteiger partial charge in [-0.1, -0.05) is 111 Å². The zero-order valence-electron chi connectivity index (χ0n) is 20.1. The Hall–Kier alpha value is -1.26. The molecule has 0 spiro atoms. The van der Waals surface area contributed by atoms with Crippen molar-refractivity contribution < 1.29 is 48.7 Å². The van der Waals surface area contributed by atoms with Crippen molar-refractivity contribution >= 4 is 134 Å². The third-order valence-electron chi connectivity index (χ3n) is 6.12. The number of hydrogen-bond acceptors (Lipinski definition) is 5. The number of para-hydroxylation sites is 1. The van der Waals surface area contributed by atoms with E-state index in [1.165, 1.54) is 24.3 Å². The molecule has 202 valence electrons. The summed E-state index contributed by atoms with van der Waals surface area (Å²) in [5.41, 5.74) is 5.51. The largest absolute Gasteiger partial charge is 1.00 e. The van der Waals surface area contributed by atoms with Crippen LogP contribution in [0.4, 0.5) is 11.4 Å². The number of benzene rings is 3. The number of carbonyl (C=O) groups excluding carboxylic acids is 4. The average Bonchev–Trinajstić information content (AvgIpc) is 3.33. The van der Waals surface area contributed by atoms with E-state index >= 15 is 0 Å². The second-order valence-corrected chi connectivity index (χ2v) is 11.3. The van der Waals surface area contributed by atoms with Crippen LogP contribution in [0.2, 0.25) is 40.2 Å². The number of rotatable bonds is 3. The fourth-order valence-electron chi connectivity index (χ4n) is 4.24. The molecule has 0 saturated carbocycles. The van der Waals surface area contributed by atoms with Crippen LogP contribution >= 0.6 is 92.8 Å². The summed E-state index contributed by atoms with van der Waals surface area (Å²) in [5, 5.41) is -1.52. The van der Waals surface area contributed by atoms with Crippen molar-refractivity contribution in [1.29, 1.82) is 0 Å². The van der Waals surface area contributed by atoms with Crippen molar-refractivity contribution in [3.05, 3.63) is 104 Å². The van der Waals surface area contributed by atoms with Gasteiger partial charge in [-0.2, -0.15) is 0 Å². The Labute approximate surface area is 294 Å². The van der Waals surface area contributed by atoms with Crippen molar-refractivity contribution in [2.45, 2.75) is 0 Å². The number of nitrogen functional groups attached to an aromatic ring is 1. The maximum atomic E-state index is 13.2. The molecule has 2 N–H and O–H groups in total. The van der Waals surface area contributed by atoms with Crippen molar-refractivity contribution in [2.75, 3.05) is 10.6 Å². The van der Waals surface area contributed by atoms with Gasteiger partial charge in [-0.05, 0) is 11.6 Å². The van der Waals surface area contributed by atoms with Crippen LogP contribution in [0.5, 0.6) is 0 Å². The third kappa shape index (κ3) is 4.95. The smallest absolute Gasteiger partial charge is 0.397 e. The molecule has 0 fully saturated rings. The van der Waals surface area contributed by atoms with Gasteiger partial charge in [-0.15, -0.1) is 18.2 Å². The van der Waals surface area contributed by atoms with Gasteiger partial charge in [-0.3, -0.25) is 9.59 Å². The Morgan fingerprint density at radius 3 is 1.49 bits per heavy atom. The number of amides is 2. The van der Waals surface area contributed by atoms with Crippen LogP contribution in [-0.4, -0.2) is 23.4 Å². The van der Waals surface area contributed by atoms with Crippen LogP contribution in [0.25, 0.3) is 6.08 Å². The quantitative estimate of drug-likeness (QED) is 0.0515. The molecule has 0 atom stereocenters. The summed E-state index contributed by atoms with van der Waals surface area (Å²) in [6.45, 7) is 0. The topological polar surface area (TPSA) is 97.5 Å². The normalized spacial score (nSPS) is 14.2. The molecule has 15 heteroatoms. The molecular weight excluding hydrogens is 711 g/mol. The summed E-state index contributed by atoms with van der Waals surface area (Å²) in [6.07, 6.45) is 5.28. The SMILES string of the molecule is Nc1c(/C=C\[C-]=C2C(=O)c3c(Cl)c(Cl)c(Cl)c(Cl)c3C2=O)cccc1N1C(=O)c2c(Cl)c(Cl)c(Cl)c(Cl)c2C1=O.[Na+]. The summed E-state index contributed by atoms with van der Waals surface area (Å²) >= 11 is 48.9. The van der Waals surface area contributed by atoms with Crippen LogP contribution in [0.1, 0.15) is 47.0 Å². The zero-order chi connectivity index (χ0) is 29.4. The average molecular weight is 718 g/mol. The molecule has 5 rings (SSSR count). The summed E-state index contributed by atoms with van der Waals surface area (Å²) in [4.78, 5) is 53.1. The molecule has 0 bridgehead atoms. The molecule has 0 saturated heterocycles. The summed E-state index contributed by atoms with van der Waals surface area (Å²) in [7, 11) is 0. The number of ketones is 2. The van der Waals surface area contributed by atoms with Crippen molar-refractivity contribution in [1.82, 2.24) is 0 Å². The molecule has 1 aliphatic heterocycles. The molecule has 1 aliphatic carbocycles. The Morgan fingerprint density at radius 1 is 0.634 bits per heavy atom. The van der Waals surface area contributed by atoms with Gasteiger partial charge in [0, 0.05) is 11.1 Å². The van der Waals surface area contributed by atoms with E-state index in [1.807, 2.05) is 0 Å². The van der Waals surface area contributed by atoms with Gasteiger partial charge < -0.3 is 15.3 Å². The number of nitrogens with two attached hydrogens (primary N) is 1. The standard InChI is InChI=1S/C26H7Cl8N2O4.Na/c27-14-10-11(15(28)19(32)18(14)31)24(38)8(23(10)37)5-1-3-7-4-2-6-9(22(7)35)36-25(39)12-13(26(36)40)17(30)21(34)20(33)16(12)29;/h1-4,6H,35H2;/q-1;+1/b3-1-;. The molecule has 2 aliphatic rings. The van der Waals surface area contributed by atoms with E-state index in [0.717, 1.165) is 4.90 Å². The molecule has 2 amide bonds. The van der Waals surface area contributed by atoms with Crippen LogP contribution in [0.15, 0.2) is 29.8 Å². The summed E-state index contributed by atoms with van der Waals surface area (Å²) in [6, 6.07) is 4.52. The first-order chi connectivity index (χ1) is 18.8. The molecule has 41 heavy (non-hydrogen) atoms. The van der Waals surface area contributed by atoms with Crippen LogP contribution in [0, 0.1) is 6.08 Å². The Bertz CT molecular complexity index is 1740. The van der Waals surface area contributed by atoms with E-state index < -0.39 is 23.4 Å². The number of halogens is 8. The number of fused-ring (bicyclic) bond motifs is 2. The molecule has 1 heterocycles. The Morgan fingerprint density at radius 2 is 1.05 bits per heavy atom. The maximum Gasteiger partial charge on any atom is 1.00 e.